The quantitative estimate of drug-likeness (QED) is 0.520. The lowest BCUT2D eigenvalue weighted by Gasteiger charge is -2.45. The van der Waals surface area contributed by atoms with E-state index in [0.29, 0.717) is 4.88 Å². The Bertz CT molecular complexity index is 1060. The van der Waals surface area contributed by atoms with Gasteiger partial charge in [-0.25, -0.2) is 4.98 Å². The van der Waals surface area contributed by atoms with E-state index in [1.807, 2.05) is 6.07 Å². The number of H-pyrrole nitrogens is 1. The van der Waals surface area contributed by atoms with Gasteiger partial charge in [0, 0.05) is 48.3 Å². The lowest BCUT2D eigenvalue weighted by Crippen LogP contribution is -2.57. The molecule has 6 nitrogen and oxygen atoms in total. The number of anilines is 1. The third-order valence-electron chi connectivity index (χ3n) is 6.69. The van der Waals surface area contributed by atoms with Crippen molar-refractivity contribution in [3.05, 3.63) is 47.1 Å². The minimum Gasteiger partial charge on any atom is -0.361 e. The maximum Gasteiger partial charge on any atom is 0.263 e. The van der Waals surface area contributed by atoms with Gasteiger partial charge in [-0.3, -0.25) is 9.69 Å². The van der Waals surface area contributed by atoms with Crippen molar-refractivity contribution >= 4 is 33.3 Å². The highest BCUT2D eigenvalue weighted by molar-refractivity contribution is 7.17. The number of aromatic nitrogens is 2. The zero-order valence-corrected chi connectivity index (χ0v) is 20.5. The first-order chi connectivity index (χ1) is 15.4. The summed E-state index contributed by atoms with van der Waals surface area (Å²) < 4.78 is 0. The second-order valence-electron chi connectivity index (χ2n) is 9.54. The fourth-order valence-electron chi connectivity index (χ4n) is 4.42. The van der Waals surface area contributed by atoms with E-state index in [1.54, 1.807) is 6.20 Å². The Morgan fingerprint density at radius 1 is 1.31 bits per heavy atom. The third kappa shape index (κ3) is 4.99. The number of thiazole rings is 1. The minimum atomic E-state index is -0.0110. The largest absolute Gasteiger partial charge is 0.361 e. The van der Waals surface area contributed by atoms with E-state index in [1.165, 1.54) is 22.3 Å². The van der Waals surface area contributed by atoms with Crippen molar-refractivity contribution in [2.45, 2.75) is 58.0 Å². The van der Waals surface area contributed by atoms with Crippen molar-refractivity contribution in [2.75, 3.05) is 31.6 Å². The number of benzene rings is 1. The number of para-hydroxylation sites is 1. The Kier molecular flexibility index (Phi) is 6.86. The summed E-state index contributed by atoms with van der Waals surface area (Å²) >= 11 is 1.50. The van der Waals surface area contributed by atoms with E-state index < -0.39 is 0 Å². The van der Waals surface area contributed by atoms with E-state index in [9.17, 15) is 4.79 Å². The second kappa shape index (κ2) is 9.63. The van der Waals surface area contributed by atoms with Gasteiger partial charge in [-0.05, 0) is 45.4 Å². The van der Waals surface area contributed by atoms with Crippen LogP contribution in [-0.4, -0.2) is 59.0 Å². The highest BCUT2D eigenvalue weighted by Crippen LogP contribution is 2.28. The summed E-state index contributed by atoms with van der Waals surface area (Å²) in [6.07, 6.45) is 7.83. The molecule has 1 aliphatic heterocycles. The van der Waals surface area contributed by atoms with Crippen LogP contribution in [0.1, 0.15) is 55.3 Å². The summed E-state index contributed by atoms with van der Waals surface area (Å²) in [6.45, 7) is 9.55. The highest BCUT2D eigenvalue weighted by atomic mass is 32.1. The van der Waals surface area contributed by atoms with Gasteiger partial charge in [0.25, 0.3) is 5.91 Å². The molecule has 0 saturated carbocycles. The molecule has 1 unspecified atom stereocenters. The zero-order valence-electron chi connectivity index (χ0n) is 19.6. The molecule has 1 fully saturated rings. The molecule has 2 aromatic heterocycles. The van der Waals surface area contributed by atoms with Crippen molar-refractivity contribution < 1.29 is 4.79 Å². The van der Waals surface area contributed by atoms with Gasteiger partial charge in [0.15, 0.2) is 5.13 Å². The van der Waals surface area contributed by atoms with Crippen molar-refractivity contribution in [3.63, 3.8) is 0 Å². The average molecular weight is 454 g/mol. The van der Waals surface area contributed by atoms with Crippen molar-refractivity contribution in [1.82, 2.24) is 20.2 Å². The van der Waals surface area contributed by atoms with Crippen molar-refractivity contribution in [1.29, 1.82) is 0 Å². The van der Waals surface area contributed by atoms with Gasteiger partial charge >= 0.3 is 0 Å². The van der Waals surface area contributed by atoms with Crippen LogP contribution in [0.4, 0.5) is 5.13 Å². The number of fused-ring (bicyclic) bond motifs is 1. The number of carbonyl (C=O) groups excluding carboxylic acids is 1. The molecular weight excluding hydrogens is 418 g/mol. The third-order valence-corrected chi connectivity index (χ3v) is 7.74. The van der Waals surface area contributed by atoms with Crippen LogP contribution >= 0.6 is 11.3 Å². The van der Waals surface area contributed by atoms with E-state index in [2.05, 4.69) is 77.3 Å². The van der Waals surface area contributed by atoms with E-state index in [0.717, 1.165) is 56.0 Å². The first-order valence-corrected chi connectivity index (χ1v) is 12.5. The fourth-order valence-corrected chi connectivity index (χ4v) is 5.26. The monoisotopic (exact) mass is 453 g/mol. The molecule has 0 bridgehead atoms. The van der Waals surface area contributed by atoms with E-state index >= 15 is 0 Å². The standard InChI is InChI=1S/C25H35N5OS/c1-5-6-9-19(14-18-15-26-21-11-8-7-10-20(18)21)28-23(31)22-16-27-24(32-22)30-13-12-29(4)25(2,3)17-30/h7-8,10-11,15-16,19,26H,5-6,9,12-14,17H2,1-4H3,(H,28,31). The molecule has 1 aliphatic rings. The summed E-state index contributed by atoms with van der Waals surface area (Å²) in [5.74, 6) is -0.0110. The number of unbranched alkanes of at least 4 members (excludes halogenated alkanes) is 1. The Morgan fingerprint density at radius 3 is 2.91 bits per heavy atom. The fraction of sp³-hybridized carbons (Fsp3) is 0.520. The van der Waals surface area contributed by atoms with Gasteiger partial charge in [-0.1, -0.05) is 49.3 Å². The van der Waals surface area contributed by atoms with E-state index in [4.69, 9.17) is 0 Å². The van der Waals surface area contributed by atoms with Crippen LogP contribution in [0.2, 0.25) is 0 Å². The number of aromatic amines is 1. The first-order valence-electron chi connectivity index (χ1n) is 11.7. The predicted octanol–water partition coefficient (Wildman–Crippen LogP) is 4.69. The molecule has 172 valence electrons. The Hall–Kier alpha value is -2.38. The number of nitrogens with one attached hydrogen (secondary N) is 2. The summed E-state index contributed by atoms with van der Waals surface area (Å²) in [7, 11) is 2.17. The molecule has 32 heavy (non-hydrogen) atoms. The zero-order chi connectivity index (χ0) is 22.7. The molecule has 0 spiro atoms. The smallest absolute Gasteiger partial charge is 0.263 e. The van der Waals surface area contributed by atoms with Gasteiger partial charge in [-0.15, -0.1) is 0 Å². The summed E-state index contributed by atoms with van der Waals surface area (Å²) in [6, 6.07) is 8.46. The molecule has 1 saturated heterocycles. The predicted molar refractivity (Wildman–Crippen MR) is 134 cm³/mol. The van der Waals surface area contributed by atoms with Crippen LogP contribution in [-0.2, 0) is 6.42 Å². The van der Waals surface area contributed by atoms with Gasteiger partial charge in [0.05, 0.1) is 6.20 Å². The summed E-state index contributed by atoms with van der Waals surface area (Å²) in [5, 5.41) is 5.48. The molecule has 0 radical (unpaired) electrons. The van der Waals surface area contributed by atoms with Gasteiger partial charge in [0.2, 0.25) is 0 Å². The number of amides is 1. The lowest BCUT2D eigenvalue weighted by atomic mass is 10.0. The molecule has 3 heterocycles. The number of hydrogen-bond acceptors (Lipinski definition) is 5. The van der Waals surface area contributed by atoms with Crippen LogP contribution in [0.25, 0.3) is 10.9 Å². The second-order valence-corrected chi connectivity index (χ2v) is 10.5. The number of likely N-dealkylation sites (N-methyl/N-ethyl adjacent to an activating group) is 1. The first kappa shape index (κ1) is 22.8. The Balaban J connectivity index is 1.44. The molecule has 1 amide bonds. The molecular formula is C25H35N5OS. The van der Waals surface area contributed by atoms with Crippen molar-refractivity contribution in [2.24, 2.45) is 0 Å². The lowest BCUT2D eigenvalue weighted by molar-refractivity contribution is 0.0938. The van der Waals surface area contributed by atoms with Gasteiger partial charge in [0.1, 0.15) is 4.88 Å². The molecule has 2 N–H and O–H groups in total. The maximum atomic E-state index is 13.1. The molecule has 4 rings (SSSR count). The molecule has 1 aromatic carbocycles. The van der Waals surface area contributed by atoms with Crippen LogP contribution in [0.3, 0.4) is 0 Å². The van der Waals surface area contributed by atoms with E-state index in [-0.39, 0.29) is 17.5 Å². The Morgan fingerprint density at radius 2 is 2.12 bits per heavy atom. The molecule has 0 aliphatic carbocycles. The van der Waals surface area contributed by atoms with Crippen LogP contribution < -0.4 is 10.2 Å². The SMILES string of the molecule is CCCCC(Cc1c[nH]c2ccccc12)NC(=O)c1cnc(N2CCN(C)C(C)(C)C2)s1. The van der Waals surface area contributed by atoms with Crippen LogP contribution in [0, 0.1) is 0 Å². The summed E-state index contributed by atoms with van der Waals surface area (Å²) in [4.78, 5) is 26.4. The van der Waals surface area contributed by atoms with Gasteiger partial charge in [-0.2, -0.15) is 0 Å². The van der Waals surface area contributed by atoms with Crippen LogP contribution in [0.5, 0.6) is 0 Å². The van der Waals surface area contributed by atoms with Crippen molar-refractivity contribution in [3.8, 4) is 0 Å². The number of rotatable bonds is 8. The number of nitrogens with zero attached hydrogens (tertiary/aromatic N) is 3. The van der Waals surface area contributed by atoms with Gasteiger partial charge < -0.3 is 15.2 Å². The normalized spacial score (nSPS) is 17.6. The highest BCUT2D eigenvalue weighted by Gasteiger charge is 2.32. The molecule has 7 heteroatoms. The number of hydrogen-bond donors (Lipinski definition) is 2. The number of piperazine rings is 1. The topological polar surface area (TPSA) is 64.3 Å². The number of carbonyl (C=O) groups is 1. The average Bonchev–Trinajstić information content (AvgIpc) is 3.42. The summed E-state index contributed by atoms with van der Waals surface area (Å²) in [5.41, 5.74) is 2.49. The van der Waals surface area contributed by atoms with Crippen LogP contribution in [0.15, 0.2) is 36.7 Å². The molecule has 1 atom stereocenters. The Labute approximate surface area is 195 Å². The maximum absolute atomic E-state index is 13.1. The minimum absolute atomic E-state index is 0.0110. The molecule has 3 aromatic rings.